The van der Waals surface area contributed by atoms with Crippen LogP contribution in [0, 0.1) is 0 Å². The summed E-state index contributed by atoms with van der Waals surface area (Å²) in [6.45, 7) is 0. The highest BCUT2D eigenvalue weighted by Crippen LogP contribution is 2.31. The zero-order chi connectivity index (χ0) is 18.4. The molecule has 3 rings (SSSR count). The molecule has 0 spiro atoms. The average molecular weight is 377 g/mol. The lowest BCUT2D eigenvalue weighted by Crippen LogP contribution is -2.39. The van der Waals surface area contributed by atoms with Gasteiger partial charge in [0.25, 0.3) is 0 Å². The predicted molar refractivity (Wildman–Crippen MR) is 75.9 cm³/mol. The Hall–Kier alpha value is -2.63. The largest absolute Gasteiger partial charge is 0.534 e. The van der Waals surface area contributed by atoms with Crippen molar-refractivity contribution in [3.8, 4) is 5.75 Å². The first-order valence-electron chi connectivity index (χ1n) is 6.90. The van der Waals surface area contributed by atoms with E-state index in [2.05, 4.69) is 14.6 Å². The summed E-state index contributed by atoms with van der Waals surface area (Å²) in [5.74, 6) is -2.28. The van der Waals surface area contributed by atoms with Crippen molar-refractivity contribution >= 4 is 27.4 Å². The third-order valence-electron chi connectivity index (χ3n) is 3.63. The number of imide groups is 1. The Morgan fingerprint density at radius 3 is 2.68 bits per heavy atom. The van der Waals surface area contributed by atoms with Crippen LogP contribution in [0.2, 0.25) is 0 Å². The first-order chi connectivity index (χ1) is 11.6. The van der Waals surface area contributed by atoms with Crippen LogP contribution in [0.25, 0.3) is 5.52 Å². The van der Waals surface area contributed by atoms with E-state index in [1.165, 1.54) is 16.9 Å². The number of fused-ring (bicyclic) bond motifs is 1. The Bertz CT molecular complexity index is 967. The lowest BCUT2D eigenvalue weighted by Gasteiger charge is -2.20. The number of nitrogens with one attached hydrogen (secondary N) is 1. The SMILES string of the molecule is O=C1CCC(c2cnn3ccc(OS(=O)(=O)C(F)(F)F)cc23)C(=O)N1. The van der Waals surface area contributed by atoms with Crippen LogP contribution in [0.5, 0.6) is 5.75 Å². The van der Waals surface area contributed by atoms with E-state index in [1.807, 2.05) is 0 Å². The second-order valence-electron chi connectivity index (χ2n) is 5.28. The van der Waals surface area contributed by atoms with Gasteiger partial charge in [-0.15, -0.1) is 0 Å². The number of nitrogens with zero attached hydrogens (tertiary/aromatic N) is 2. The molecule has 134 valence electrons. The molecule has 0 radical (unpaired) electrons. The maximum absolute atomic E-state index is 12.4. The summed E-state index contributed by atoms with van der Waals surface area (Å²) < 4.78 is 64.8. The third kappa shape index (κ3) is 3.16. The molecule has 3 heterocycles. The van der Waals surface area contributed by atoms with E-state index in [9.17, 15) is 31.2 Å². The Morgan fingerprint density at radius 1 is 1.32 bits per heavy atom. The lowest BCUT2D eigenvalue weighted by atomic mass is 9.91. The molecule has 1 saturated heterocycles. The molecule has 0 aromatic carbocycles. The molecule has 0 saturated carbocycles. The minimum atomic E-state index is -5.81. The number of halogens is 3. The summed E-state index contributed by atoms with van der Waals surface area (Å²) in [5.41, 5.74) is -5.02. The van der Waals surface area contributed by atoms with Crippen molar-refractivity contribution in [1.29, 1.82) is 0 Å². The predicted octanol–water partition coefficient (Wildman–Crippen LogP) is 1.08. The number of rotatable bonds is 3. The van der Waals surface area contributed by atoms with E-state index in [4.69, 9.17) is 0 Å². The van der Waals surface area contributed by atoms with E-state index in [0.29, 0.717) is 5.56 Å². The summed E-state index contributed by atoms with van der Waals surface area (Å²) >= 11 is 0. The summed E-state index contributed by atoms with van der Waals surface area (Å²) in [7, 11) is -5.81. The number of aromatic nitrogens is 2. The van der Waals surface area contributed by atoms with Crippen LogP contribution < -0.4 is 9.50 Å². The number of amides is 2. The zero-order valence-electron chi connectivity index (χ0n) is 12.3. The molecule has 1 atom stereocenters. The van der Waals surface area contributed by atoms with E-state index < -0.39 is 39.1 Å². The van der Waals surface area contributed by atoms with Gasteiger partial charge < -0.3 is 4.18 Å². The van der Waals surface area contributed by atoms with Crippen LogP contribution >= 0.6 is 0 Å². The van der Waals surface area contributed by atoms with Crippen LogP contribution in [0.4, 0.5) is 13.2 Å². The van der Waals surface area contributed by atoms with E-state index in [0.717, 1.165) is 12.1 Å². The second kappa shape index (κ2) is 5.72. The molecular formula is C13H10F3N3O5S. The number of carbonyl (C=O) groups is 2. The van der Waals surface area contributed by atoms with Gasteiger partial charge >= 0.3 is 15.6 Å². The summed E-state index contributed by atoms with van der Waals surface area (Å²) in [6, 6.07) is 2.03. The van der Waals surface area contributed by atoms with Crippen molar-refractivity contribution in [2.75, 3.05) is 0 Å². The molecule has 1 aliphatic heterocycles. The molecule has 0 aliphatic carbocycles. The molecule has 2 aromatic heterocycles. The van der Waals surface area contributed by atoms with Gasteiger partial charge in [0.15, 0.2) is 0 Å². The van der Waals surface area contributed by atoms with Crippen LogP contribution in [0.3, 0.4) is 0 Å². The van der Waals surface area contributed by atoms with Crippen molar-refractivity contribution in [1.82, 2.24) is 14.9 Å². The van der Waals surface area contributed by atoms with E-state index in [-0.39, 0.29) is 18.4 Å². The normalized spacial score (nSPS) is 19.1. The highest BCUT2D eigenvalue weighted by Gasteiger charge is 2.48. The molecule has 1 N–H and O–H groups in total. The molecule has 1 unspecified atom stereocenters. The minimum Gasteiger partial charge on any atom is -0.376 e. The number of hydrogen-bond acceptors (Lipinski definition) is 6. The van der Waals surface area contributed by atoms with Gasteiger partial charge in [-0.2, -0.15) is 26.7 Å². The number of carbonyl (C=O) groups excluding carboxylic acids is 2. The number of alkyl halides is 3. The lowest BCUT2D eigenvalue weighted by molar-refractivity contribution is -0.134. The summed E-state index contributed by atoms with van der Waals surface area (Å²) in [5, 5.41) is 6.12. The summed E-state index contributed by atoms with van der Waals surface area (Å²) in [4.78, 5) is 23.2. The van der Waals surface area contributed by atoms with Crippen molar-refractivity contribution in [2.45, 2.75) is 24.3 Å². The van der Waals surface area contributed by atoms with Gasteiger partial charge in [-0.05, 0) is 6.42 Å². The molecule has 1 fully saturated rings. The van der Waals surface area contributed by atoms with Crippen LogP contribution in [0.1, 0.15) is 24.3 Å². The first-order valence-corrected chi connectivity index (χ1v) is 8.31. The highest BCUT2D eigenvalue weighted by molar-refractivity contribution is 7.88. The minimum absolute atomic E-state index is 0.104. The van der Waals surface area contributed by atoms with Crippen molar-refractivity contribution in [3.05, 3.63) is 30.1 Å². The summed E-state index contributed by atoms with van der Waals surface area (Å²) in [6.07, 6.45) is 2.84. The van der Waals surface area contributed by atoms with Crippen LogP contribution in [0.15, 0.2) is 24.5 Å². The molecule has 12 heteroatoms. The fraction of sp³-hybridized carbons (Fsp3) is 0.308. The van der Waals surface area contributed by atoms with Crippen molar-refractivity contribution in [3.63, 3.8) is 0 Å². The standard InChI is InChI=1S/C13H10F3N3O5S/c14-13(15,16)25(22,23)24-7-3-4-19-10(5-7)9(6-17-19)8-1-2-11(20)18-12(8)21/h3-6,8H,1-2H2,(H,18,20,21). The van der Waals surface area contributed by atoms with Gasteiger partial charge in [-0.1, -0.05) is 0 Å². The molecule has 2 amide bonds. The molecule has 1 aliphatic rings. The highest BCUT2D eigenvalue weighted by atomic mass is 32.2. The number of pyridine rings is 1. The van der Waals surface area contributed by atoms with E-state index >= 15 is 0 Å². The Morgan fingerprint density at radius 2 is 2.04 bits per heavy atom. The fourth-order valence-corrected chi connectivity index (χ4v) is 2.92. The quantitative estimate of drug-likeness (QED) is 0.487. The topological polar surface area (TPSA) is 107 Å². The van der Waals surface area contributed by atoms with Gasteiger partial charge in [0.2, 0.25) is 11.8 Å². The molecular weight excluding hydrogens is 367 g/mol. The Labute approximate surface area is 138 Å². The van der Waals surface area contributed by atoms with Gasteiger partial charge in [-0.25, -0.2) is 4.52 Å². The average Bonchev–Trinajstić information content (AvgIpc) is 2.89. The Kier molecular flexibility index (Phi) is 3.94. The fourth-order valence-electron chi connectivity index (χ4n) is 2.46. The smallest absolute Gasteiger partial charge is 0.376 e. The Balaban J connectivity index is 1.98. The molecule has 8 nitrogen and oxygen atoms in total. The maximum atomic E-state index is 12.4. The monoisotopic (exact) mass is 377 g/mol. The molecule has 0 bridgehead atoms. The maximum Gasteiger partial charge on any atom is 0.534 e. The van der Waals surface area contributed by atoms with Gasteiger partial charge in [0.1, 0.15) is 5.75 Å². The van der Waals surface area contributed by atoms with Gasteiger partial charge in [0, 0.05) is 30.3 Å². The van der Waals surface area contributed by atoms with E-state index in [1.54, 1.807) is 0 Å². The zero-order valence-corrected chi connectivity index (χ0v) is 13.1. The first kappa shape index (κ1) is 17.2. The number of piperidine rings is 1. The third-order valence-corrected chi connectivity index (χ3v) is 4.61. The molecule has 2 aromatic rings. The molecule has 25 heavy (non-hydrogen) atoms. The van der Waals surface area contributed by atoms with Gasteiger partial charge in [0.05, 0.1) is 17.6 Å². The van der Waals surface area contributed by atoms with Crippen LogP contribution in [-0.2, 0) is 19.7 Å². The number of hydrogen-bond donors (Lipinski definition) is 1. The van der Waals surface area contributed by atoms with Crippen LogP contribution in [-0.4, -0.2) is 35.4 Å². The van der Waals surface area contributed by atoms with Crippen molar-refractivity contribution < 1.29 is 35.4 Å². The second-order valence-corrected chi connectivity index (χ2v) is 6.82. The van der Waals surface area contributed by atoms with Gasteiger partial charge in [-0.3, -0.25) is 14.9 Å². The van der Waals surface area contributed by atoms with Crippen molar-refractivity contribution in [2.24, 2.45) is 0 Å².